The van der Waals surface area contributed by atoms with Crippen LogP contribution >= 0.6 is 22.5 Å². The highest BCUT2D eigenvalue weighted by Crippen LogP contribution is 2.01. The van der Waals surface area contributed by atoms with E-state index in [1.54, 1.807) is 11.9 Å². The standard InChI is InChI=1S/C6H10BCl2NSi/c1-3-10(6-5-7-8)11(9)4-2/h3-7,11H,1-2H2. The van der Waals surface area contributed by atoms with Crippen molar-refractivity contribution in [2.45, 2.75) is 0 Å². The third-order valence-corrected chi connectivity index (χ3v) is 3.79. The molecular weight excluding hydrogens is 196 g/mol. The Morgan fingerprint density at radius 2 is 2.09 bits per heavy atom. The van der Waals surface area contributed by atoms with Crippen molar-refractivity contribution in [3.05, 3.63) is 37.2 Å². The third-order valence-electron chi connectivity index (χ3n) is 1.06. The van der Waals surface area contributed by atoms with E-state index in [0.717, 1.165) is 0 Å². The molecule has 60 valence electrons. The topological polar surface area (TPSA) is 3.24 Å². The lowest BCUT2D eigenvalue weighted by Gasteiger charge is -2.16. The van der Waals surface area contributed by atoms with Gasteiger partial charge in [-0.2, -0.15) is 11.5 Å². The molecule has 0 aromatic carbocycles. The lowest BCUT2D eigenvalue weighted by Crippen LogP contribution is -2.22. The molecule has 1 nitrogen and oxygen atoms in total. The molecule has 0 rings (SSSR count). The predicted molar refractivity (Wildman–Crippen MR) is 57.4 cm³/mol. The number of hydrogen-bond donors (Lipinski definition) is 0. The summed E-state index contributed by atoms with van der Waals surface area (Å²) in [6.45, 7) is 7.71. The normalized spacial score (nSPS) is 12.5. The molecule has 0 fully saturated rings. The van der Waals surface area contributed by atoms with Crippen molar-refractivity contribution in [1.82, 2.24) is 4.57 Å². The average Bonchev–Trinajstić information content (AvgIpc) is 2.05. The zero-order chi connectivity index (χ0) is 8.69. The van der Waals surface area contributed by atoms with Gasteiger partial charge in [-0.3, -0.25) is 0 Å². The molecule has 0 saturated heterocycles. The van der Waals surface area contributed by atoms with Crippen molar-refractivity contribution in [1.29, 1.82) is 0 Å². The van der Waals surface area contributed by atoms with Gasteiger partial charge in [-0.15, -0.1) is 17.7 Å². The monoisotopic (exact) mass is 205 g/mol. The molecule has 0 amide bonds. The maximum absolute atomic E-state index is 5.95. The smallest absolute Gasteiger partial charge is 0.267 e. The van der Waals surface area contributed by atoms with Crippen LogP contribution < -0.4 is 0 Å². The Hall–Kier alpha value is -0.118. The van der Waals surface area contributed by atoms with Crippen LogP contribution in [0.4, 0.5) is 0 Å². The van der Waals surface area contributed by atoms with Crippen molar-refractivity contribution in [2.75, 3.05) is 0 Å². The van der Waals surface area contributed by atoms with Crippen LogP contribution in [0.25, 0.3) is 0 Å². The van der Waals surface area contributed by atoms with E-state index in [-0.39, 0.29) is 0 Å². The van der Waals surface area contributed by atoms with E-state index in [2.05, 4.69) is 13.2 Å². The number of rotatable bonds is 5. The fourth-order valence-corrected chi connectivity index (χ4v) is 1.77. The second-order valence-corrected chi connectivity index (χ2v) is 5.24. The zero-order valence-electron chi connectivity index (χ0n) is 6.21. The molecule has 0 saturated carbocycles. The van der Waals surface area contributed by atoms with E-state index in [1.807, 2.05) is 16.7 Å². The number of nitrogens with zero attached hydrogens (tertiary/aromatic N) is 1. The molecule has 5 heteroatoms. The van der Waals surface area contributed by atoms with Crippen molar-refractivity contribution in [3.8, 4) is 0 Å². The molecule has 1 unspecified atom stereocenters. The first-order chi connectivity index (χ1) is 5.26. The summed E-state index contributed by atoms with van der Waals surface area (Å²) < 4.78 is 1.84. The van der Waals surface area contributed by atoms with Crippen molar-refractivity contribution < 1.29 is 0 Å². The first kappa shape index (κ1) is 10.9. The van der Waals surface area contributed by atoms with Crippen LogP contribution in [-0.2, 0) is 0 Å². The Morgan fingerprint density at radius 3 is 2.45 bits per heavy atom. The lowest BCUT2D eigenvalue weighted by atomic mass is 10.1. The van der Waals surface area contributed by atoms with E-state index < -0.39 is 8.27 Å². The largest absolute Gasteiger partial charge is 0.368 e. The van der Waals surface area contributed by atoms with E-state index in [9.17, 15) is 0 Å². The summed E-state index contributed by atoms with van der Waals surface area (Å²) in [6.07, 6.45) is 3.50. The number of hydrogen-bond acceptors (Lipinski definition) is 1. The summed E-state index contributed by atoms with van der Waals surface area (Å²) in [7, 11) is -1.52. The van der Waals surface area contributed by atoms with Crippen LogP contribution in [0.3, 0.4) is 0 Å². The quantitative estimate of drug-likeness (QED) is 0.488. The maximum Gasteiger partial charge on any atom is 0.267 e. The molecule has 1 atom stereocenters. The molecule has 11 heavy (non-hydrogen) atoms. The van der Waals surface area contributed by atoms with Crippen LogP contribution in [0, 0.1) is 0 Å². The molecular formula is C6H10BCl2NSi. The highest BCUT2D eigenvalue weighted by Gasteiger charge is 2.05. The van der Waals surface area contributed by atoms with Gasteiger partial charge in [0.1, 0.15) is 0 Å². The Kier molecular flexibility index (Phi) is 6.51. The predicted octanol–water partition coefficient (Wildman–Crippen LogP) is 1.68. The Balaban J connectivity index is 4.04. The van der Waals surface area contributed by atoms with Gasteiger partial charge in [0, 0.05) is 0 Å². The minimum Gasteiger partial charge on any atom is -0.368 e. The van der Waals surface area contributed by atoms with E-state index in [4.69, 9.17) is 22.5 Å². The summed E-state index contributed by atoms with van der Waals surface area (Å²) in [4.78, 5) is 0. The lowest BCUT2D eigenvalue weighted by molar-refractivity contribution is 0.812. The molecule has 0 heterocycles. The maximum atomic E-state index is 5.95. The third kappa shape index (κ3) is 4.35. The molecule has 0 aliphatic heterocycles. The Bertz CT molecular complexity index is 163. The summed E-state index contributed by atoms with van der Waals surface area (Å²) in [5, 5.41) is 0. The molecule has 0 N–H and O–H groups in total. The molecule has 0 aliphatic carbocycles. The van der Waals surface area contributed by atoms with Gasteiger partial charge in [-0.1, -0.05) is 18.3 Å². The Morgan fingerprint density at radius 1 is 1.45 bits per heavy atom. The fraction of sp³-hybridized carbons (Fsp3) is 0. The molecule has 0 radical (unpaired) electrons. The number of halogens is 2. The van der Waals surface area contributed by atoms with Crippen molar-refractivity contribution >= 4 is 37.5 Å². The zero-order valence-corrected chi connectivity index (χ0v) is 8.88. The van der Waals surface area contributed by atoms with Crippen LogP contribution in [0.5, 0.6) is 0 Å². The second kappa shape index (κ2) is 6.58. The van der Waals surface area contributed by atoms with Gasteiger partial charge in [0.2, 0.25) is 0 Å². The average molecular weight is 206 g/mol. The van der Waals surface area contributed by atoms with Crippen LogP contribution in [-0.4, -0.2) is 19.5 Å². The molecule has 0 spiro atoms. The SMILES string of the molecule is C=CN(C=CBCl)[SiH](Cl)C=C. The molecule has 0 aromatic heterocycles. The van der Waals surface area contributed by atoms with E-state index in [0.29, 0.717) is 6.69 Å². The highest BCUT2D eigenvalue weighted by molar-refractivity contribution is 7.08. The minimum atomic E-state index is -1.52. The molecule has 0 aliphatic rings. The molecule has 0 aromatic rings. The van der Waals surface area contributed by atoms with E-state index in [1.165, 1.54) is 0 Å². The van der Waals surface area contributed by atoms with Crippen molar-refractivity contribution in [3.63, 3.8) is 0 Å². The summed E-state index contributed by atoms with van der Waals surface area (Å²) in [5.41, 5.74) is 1.75. The molecule has 0 bridgehead atoms. The van der Waals surface area contributed by atoms with Gasteiger partial charge < -0.3 is 4.57 Å². The van der Waals surface area contributed by atoms with Crippen LogP contribution in [0.1, 0.15) is 0 Å². The highest BCUT2D eigenvalue weighted by atomic mass is 35.6. The van der Waals surface area contributed by atoms with Crippen molar-refractivity contribution in [2.24, 2.45) is 0 Å². The minimum absolute atomic E-state index is 0.486. The second-order valence-electron chi connectivity index (χ2n) is 1.78. The Labute approximate surface area is 79.5 Å². The first-order valence-corrected chi connectivity index (χ1v) is 6.61. The van der Waals surface area contributed by atoms with Crippen LogP contribution in [0.15, 0.2) is 37.2 Å². The van der Waals surface area contributed by atoms with E-state index >= 15 is 0 Å². The van der Waals surface area contributed by atoms with Gasteiger partial charge >= 0.3 is 0 Å². The van der Waals surface area contributed by atoms with Gasteiger partial charge in [-0.05, 0) is 12.4 Å². The fourth-order valence-electron chi connectivity index (χ4n) is 0.527. The van der Waals surface area contributed by atoms with Crippen LogP contribution in [0.2, 0.25) is 0 Å². The summed E-state index contributed by atoms with van der Waals surface area (Å²) >= 11 is 11.4. The summed E-state index contributed by atoms with van der Waals surface area (Å²) in [5.74, 6) is 1.81. The summed E-state index contributed by atoms with van der Waals surface area (Å²) in [6, 6.07) is 0. The van der Waals surface area contributed by atoms with Gasteiger partial charge in [0.25, 0.3) is 15.0 Å². The van der Waals surface area contributed by atoms with Gasteiger partial charge in [0.15, 0.2) is 0 Å². The van der Waals surface area contributed by atoms with Gasteiger partial charge in [0.05, 0.1) is 0 Å². The first-order valence-electron chi connectivity index (χ1n) is 3.15. The van der Waals surface area contributed by atoms with Gasteiger partial charge in [-0.25, -0.2) is 0 Å².